The molecule has 4 aromatic carbocycles. The minimum Gasteiger partial charge on any atom is -0.222 e. The van der Waals surface area contributed by atoms with E-state index in [1.54, 1.807) is 0 Å². The first-order valence-corrected chi connectivity index (χ1v) is 13.3. The Hall–Kier alpha value is -3.84. The van der Waals surface area contributed by atoms with Gasteiger partial charge in [-0.3, -0.25) is 0 Å². The van der Waals surface area contributed by atoms with Gasteiger partial charge >= 0.3 is 0 Å². The van der Waals surface area contributed by atoms with Crippen molar-refractivity contribution in [3.63, 3.8) is 0 Å². The summed E-state index contributed by atoms with van der Waals surface area (Å²) in [6.45, 7) is 6.61. The van der Waals surface area contributed by atoms with Gasteiger partial charge in [-0.1, -0.05) is 72.3 Å². The number of hydrogen-bond acceptors (Lipinski definition) is 4. The Balaban J connectivity index is 0.000000617. The van der Waals surface area contributed by atoms with Gasteiger partial charge in [0.15, 0.2) is 0 Å². The van der Waals surface area contributed by atoms with Gasteiger partial charge in [-0.25, -0.2) is 18.6 Å². The Kier molecular flexibility index (Phi) is 8.37. The molecule has 0 aliphatic rings. The summed E-state index contributed by atoms with van der Waals surface area (Å²) < 4.78 is 36.4. The van der Waals surface area contributed by atoms with Crippen LogP contribution in [-0.4, -0.2) is 0 Å². The highest BCUT2D eigenvalue weighted by atomic mass is 35.7. The number of halogens is 1. The van der Waals surface area contributed by atoms with Crippen molar-refractivity contribution in [1.82, 2.24) is 0 Å². The predicted octanol–water partition coefficient (Wildman–Crippen LogP) is 3.13. The average Bonchev–Trinajstić information content (AvgIpc) is 2.88. The normalized spacial score (nSPS) is 11.0. The van der Waals surface area contributed by atoms with Gasteiger partial charge < -0.3 is 0 Å². The van der Waals surface area contributed by atoms with Crippen molar-refractivity contribution in [2.24, 2.45) is 0 Å². The quantitative estimate of drug-likeness (QED) is 0.337. The predicted molar refractivity (Wildman–Crippen MR) is 138 cm³/mol. The summed E-state index contributed by atoms with van der Waals surface area (Å²) in [6, 6.07) is 41.3. The zero-order chi connectivity index (χ0) is 27.3. The molecule has 192 valence electrons. The SMILES string of the molecule is Cc1cc(C)c(-[n+]2c(-c3ccccc3)cc(-c3ccccc3)cc2-c2ccccc2)c(C)c1.[O-][Cl+3]([O-])([O-])[O-]. The number of benzene rings is 4. The summed E-state index contributed by atoms with van der Waals surface area (Å²) in [5, 5.41) is 0. The lowest BCUT2D eigenvalue weighted by atomic mass is 9.97. The van der Waals surface area contributed by atoms with Crippen LogP contribution in [-0.2, 0) is 0 Å². The second-order valence-electron chi connectivity index (χ2n) is 9.07. The molecule has 5 aromatic rings. The van der Waals surface area contributed by atoms with Crippen LogP contribution in [0, 0.1) is 31.0 Å². The molecule has 1 aromatic heterocycles. The van der Waals surface area contributed by atoms with Gasteiger partial charge in [0.1, 0.15) is 0 Å². The zero-order valence-corrected chi connectivity index (χ0v) is 22.2. The van der Waals surface area contributed by atoms with Crippen molar-refractivity contribution in [3.05, 3.63) is 132 Å². The average molecular weight is 526 g/mol. The van der Waals surface area contributed by atoms with Crippen molar-refractivity contribution in [1.29, 1.82) is 0 Å². The van der Waals surface area contributed by atoms with Crippen LogP contribution in [0.15, 0.2) is 115 Å². The van der Waals surface area contributed by atoms with Crippen molar-refractivity contribution in [2.75, 3.05) is 0 Å². The standard InChI is InChI=1S/C32H28N.ClHO4/c1-23-19-24(2)32(25(3)20-23)33-30(27-15-9-5-10-16-27)21-29(26-13-7-4-8-14-26)22-31(33)28-17-11-6-12-18-28;2-1(3,4)5/h4-22H,1-3H3;(H,2,3,4,5)/q+1;/p-1. The molecule has 0 saturated heterocycles. The molecule has 0 radical (unpaired) electrons. The first-order valence-electron chi connectivity index (χ1n) is 12.1. The van der Waals surface area contributed by atoms with Crippen LogP contribution in [0.3, 0.4) is 0 Å². The van der Waals surface area contributed by atoms with E-state index in [-0.39, 0.29) is 0 Å². The van der Waals surface area contributed by atoms with Crippen LogP contribution in [0.25, 0.3) is 39.3 Å². The molecular formula is C32H28ClNO4. The van der Waals surface area contributed by atoms with Crippen molar-refractivity contribution < 1.29 is 33.4 Å². The molecule has 0 spiro atoms. The minimum absolute atomic E-state index is 1.19. The lowest BCUT2D eigenvalue weighted by Crippen LogP contribution is -2.68. The van der Waals surface area contributed by atoms with Crippen LogP contribution >= 0.6 is 0 Å². The molecule has 0 unspecified atom stereocenters. The molecule has 38 heavy (non-hydrogen) atoms. The molecule has 0 aliphatic carbocycles. The summed E-state index contributed by atoms with van der Waals surface area (Å²) >= 11 is 0. The summed E-state index contributed by atoms with van der Waals surface area (Å²) in [5.41, 5.74) is 12.3. The summed E-state index contributed by atoms with van der Waals surface area (Å²) in [7, 11) is -4.94. The Morgan fingerprint density at radius 2 is 0.816 bits per heavy atom. The Bertz CT molecular complexity index is 1430. The largest absolute Gasteiger partial charge is 0.222 e. The first kappa shape index (κ1) is 27.2. The minimum atomic E-state index is -4.94. The number of aryl methyl sites for hydroxylation is 3. The summed E-state index contributed by atoms with van der Waals surface area (Å²) in [4.78, 5) is 0. The highest BCUT2D eigenvalue weighted by Gasteiger charge is 2.27. The van der Waals surface area contributed by atoms with Crippen molar-refractivity contribution in [2.45, 2.75) is 20.8 Å². The van der Waals surface area contributed by atoms with E-state index in [0.29, 0.717) is 0 Å². The number of nitrogens with zero attached hydrogens (tertiary/aromatic N) is 1. The molecule has 0 saturated carbocycles. The maximum atomic E-state index is 8.49. The van der Waals surface area contributed by atoms with Gasteiger partial charge in [0.05, 0.1) is 0 Å². The highest BCUT2D eigenvalue weighted by Crippen LogP contribution is 2.32. The van der Waals surface area contributed by atoms with E-state index in [1.807, 2.05) is 0 Å². The van der Waals surface area contributed by atoms with E-state index in [0.717, 1.165) is 0 Å². The molecular weight excluding hydrogens is 498 g/mol. The zero-order valence-electron chi connectivity index (χ0n) is 21.4. The maximum Gasteiger partial charge on any atom is 0.219 e. The van der Waals surface area contributed by atoms with Gasteiger partial charge in [0.2, 0.25) is 17.1 Å². The third-order valence-corrected chi connectivity index (χ3v) is 6.17. The molecule has 6 heteroatoms. The Morgan fingerprint density at radius 1 is 0.474 bits per heavy atom. The molecule has 5 nitrogen and oxygen atoms in total. The number of aromatic nitrogens is 1. The van der Waals surface area contributed by atoms with Crippen LogP contribution in [0.2, 0.25) is 0 Å². The fourth-order valence-corrected chi connectivity index (χ4v) is 4.80. The molecule has 0 fully saturated rings. The van der Waals surface area contributed by atoms with E-state index < -0.39 is 10.2 Å². The van der Waals surface area contributed by atoms with Crippen LogP contribution in [0.5, 0.6) is 0 Å². The lowest BCUT2D eigenvalue weighted by molar-refractivity contribution is -2.00. The van der Waals surface area contributed by atoms with E-state index in [4.69, 9.17) is 18.6 Å². The summed E-state index contributed by atoms with van der Waals surface area (Å²) in [6.07, 6.45) is 0. The third kappa shape index (κ3) is 6.72. The van der Waals surface area contributed by atoms with Gasteiger partial charge in [-0.2, -0.15) is 4.57 Å². The van der Waals surface area contributed by atoms with E-state index >= 15 is 0 Å². The molecule has 0 amide bonds. The number of pyridine rings is 1. The lowest BCUT2D eigenvalue weighted by Gasteiger charge is -2.17. The van der Waals surface area contributed by atoms with Crippen LogP contribution in [0.4, 0.5) is 0 Å². The van der Waals surface area contributed by atoms with Crippen LogP contribution < -0.4 is 23.2 Å². The first-order chi connectivity index (χ1) is 18.1. The molecule has 5 rings (SSSR count). The number of hydrogen-bond donors (Lipinski definition) is 0. The maximum absolute atomic E-state index is 8.49. The molecule has 0 bridgehead atoms. The van der Waals surface area contributed by atoms with Gasteiger partial charge in [0.25, 0.3) is 0 Å². The highest BCUT2D eigenvalue weighted by molar-refractivity contribution is 5.74. The molecule has 0 N–H and O–H groups in total. The second-order valence-corrected chi connectivity index (χ2v) is 9.83. The Labute approximate surface area is 225 Å². The third-order valence-electron chi connectivity index (χ3n) is 6.17. The van der Waals surface area contributed by atoms with Crippen molar-refractivity contribution >= 4 is 0 Å². The smallest absolute Gasteiger partial charge is 0.219 e. The van der Waals surface area contributed by atoms with Gasteiger partial charge in [-0.05, 0) is 68.3 Å². The second kappa shape index (κ2) is 11.7. The monoisotopic (exact) mass is 525 g/mol. The molecule has 0 atom stereocenters. The van der Waals surface area contributed by atoms with E-state index in [2.05, 4.69) is 141 Å². The molecule has 1 heterocycles. The van der Waals surface area contributed by atoms with E-state index in [9.17, 15) is 0 Å². The van der Waals surface area contributed by atoms with Gasteiger partial charge in [-0.15, -0.1) is 10.2 Å². The van der Waals surface area contributed by atoms with Crippen LogP contribution in [0.1, 0.15) is 16.7 Å². The topological polar surface area (TPSA) is 96.1 Å². The fourth-order valence-electron chi connectivity index (χ4n) is 4.80. The van der Waals surface area contributed by atoms with Crippen molar-refractivity contribution in [3.8, 4) is 39.3 Å². The summed E-state index contributed by atoms with van der Waals surface area (Å²) in [5.74, 6) is 0. The fraction of sp³-hybridized carbons (Fsp3) is 0.0938. The van der Waals surface area contributed by atoms with Gasteiger partial charge in [0, 0.05) is 34.4 Å². The van der Waals surface area contributed by atoms with E-state index in [1.165, 1.54) is 56.0 Å². The number of rotatable bonds is 4. The molecule has 0 aliphatic heterocycles. The Morgan fingerprint density at radius 3 is 1.18 bits per heavy atom.